The van der Waals surface area contributed by atoms with E-state index in [-0.39, 0.29) is 0 Å². The summed E-state index contributed by atoms with van der Waals surface area (Å²) in [4.78, 5) is 0. The molecule has 0 aliphatic heterocycles. The number of nitrogens with one attached hydrogen (secondary N) is 1. The molecule has 0 aromatic heterocycles. The molecule has 1 heteroatoms. The minimum Gasteiger partial charge on any atom is -0.382 e. The number of aryl methyl sites for hydroxylation is 1. The van der Waals surface area contributed by atoms with Gasteiger partial charge >= 0.3 is 0 Å². The summed E-state index contributed by atoms with van der Waals surface area (Å²) < 4.78 is 0. The predicted molar refractivity (Wildman–Crippen MR) is 75.6 cm³/mol. The highest BCUT2D eigenvalue weighted by molar-refractivity contribution is 5.54. The van der Waals surface area contributed by atoms with Crippen molar-refractivity contribution in [3.63, 3.8) is 0 Å². The number of anilines is 1. The molecule has 1 aliphatic rings. The van der Waals surface area contributed by atoms with Gasteiger partial charge in [0.1, 0.15) is 0 Å². The molecule has 1 saturated carbocycles. The van der Waals surface area contributed by atoms with Crippen molar-refractivity contribution in [1.82, 2.24) is 0 Å². The van der Waals surface area contributed by atoms with E-state index < -0.39 is 0 Å². The third-order valence-corrected chi connectivity index (χ3v) is 4.30. The van der Waals surface area contributed by atoms with Crippen LogP contribution in [-0.4, -0.2) is 6.04 Å². The van der Waals surface area contributed by atoms with Gasteiger partial charge < -0.3 is 5.32 Å². The maximum Gasteiger partial charge on any atom is 0.0374 e. The minimum absolute atomic E-state index is 0.555. The number of benzene rings is 1. The summed E-state index contributed by atoms with van der Waals surface area (Å²) in [5, 5.41) is 3.73. The van der Waals surface area contributed by atoms with E-state index in [2.05, 4.69) is 51.2 Å². The van der Waals surface area contributed by atoms with Crippen LogP contribution in [0.25, 0.3) is 0 Å². The molecule has 1 N–H and O–H groups in total. The van der Waals surface area contributed by atoms with Gasteiger partial charge in [0.05, 0.1) is 0 Å². The molecule has 17 heavy (non-hydrogen) atoms. The van der Waals surface area contributed by atoms with E-state index in [1.165, 1.54) is 42.5 Å². The fourth-order valence-electron chi connectivity index (χ4n) is 2.67. The number of rotatable bonds is 2. The first-order valence-electron chi connectivity index (χ1n) is 6.81. The summed E-state index contributed by atoms with van der Waals surface area (Å²) in [6.45, 7) is 9.18. The molecule has 1 fully saturated rings. The van der Waals surface area contributed by atoms with Crippen LogP contribution in [0.4, 0.5) is 5.69 Å². The molecule has 1 aromatic rings. The Morgan fingerprint density at radius 1 is 1.12 bits per heavy atom. The Kier molecular flexibility index (Phi) is 3.46. The quantitative estimate of drug-likeness (QED) is 0.779. The summed E-state index contributed by atoms with van der Waals surface area (Å²) in [5.41, 5.74) is 4.66. The first-order valence-corrected chi connectivity index (χ1v) is 6.81. The van der Waals surface area contributed by atoms with Crippen LogP contribution in [0.1, 0.15) is 50.7 Å². The third kappa shape index (κ3) is 3.02. The monoisotopic (exact) mass is 231 g/mol. The van der Waals surface area contributed by atoms with E-state index in [1.807, 2.05) is 0 Å². The molecule has 1 nitrogen and oxygen atoms in total. The van der Waals surface area contributed by atoms with Crippen LogP contribution < -0.4 is 5.32 Å². The lowest BCUT2D eigenvalue weighted by Crippen LogP contribution is -2.30. The minimum atomic E-state index is 0.555. The molecule has 1 aromatic carbocycles. The number of hydrogen-bond acceptors (Lipinski definition) is 1. The van der Waals surface area contributed by atoms with Crippen molar-refractivity contribution in [2.24, 2.45) is 5.41 Å². The standard InChI is InChI=1S/C16H25N/c1-12-6-5-7-15(13(12)2)17-14-8-10-16(3,4)11-9-14/h5-7,14,17H,8-11H2,1-4H3. The Labute approximate surface area is 106 Å². The second-order valence-corrected chi connectivity index (χ2v) is 6.33. The molecule has 2 rings (SSSR count). The van der Waals surface area contributed by atoms with Crippen molar-refractivity contribution in [3.05, 3.63) is 29.3 Å². The van der Waals surface area contributed by atoms with E-state index in [9.17, 15) is 0 Å². The van der Waals surface area contributed by atoms with E-state index in [1.54, 1.807) is 0 Å². The van der Waals surface area contributed by atoms with Crippen LogP contribution in [0, 0.1) is 19.3 Å². The highest BCUT2D eigenvalue weighted by Crippen LogP contribution is 2.36. The van der Waals surface area contributed by atoms with Crippen molar-refractivity contribution in [3.8, 4) is 0 Å². The SMILES string of the molecule is Cc1cccc(NC2CCC(C)(C)CC2)c1C. The Hall–Kier alpha value is -0.980. The summed E-state index contributed by atoms with van der Waals surface area (Å²) >= 11 is 0. The predicted octanol–water partition coefficient (Wildman–Crippen LogP) is 4.68. The average molecular weight is 231 g/mol. The van der Waals surface area contributed by atoms with Crippen molar-refractivity contribution in [1.29, 1.82) is 0 Å². The summed E-state index contributed by atoms with van der Waals surface area (Å²) in [6, 6.07) is 7.22. The van der Waals surface area contributed by atoms with Gasteiger partial charge in [-0.15, -0.1) is 0 Å². The Morgan fingerprint density at radius 2 is 1.76 bits per heavy atom. The molecular formula is C16H25N. The second-order valence-electron chi connectivity index (χ2n) is 6.33. The molecule has 0 atom stereocenters. The lowest BCUT2D eigenvalue weighted by Gasteiger charge is -2.35. The Bertz CT molecular complexity index is 383. The van der Waals surface area contributed by atoms with Gasteiger partial charge in [0.25, 0.3) is 0 Å². The summed E-state index contributed by atoms with van der Waals surface area (Å²) in [5.74, 6) is 0. The van der Waals surface area contributed by atoms with Crippen LogP contribution in [0.2, 0.25) is 0 Å². The Balaban J connectivity index is 2.00. The lowest BCUT2D eigenvalue weighted by molar-refractivity contribution is 0.232. The highest BCUT2D eigenvalue weighted by atomic mass is 14.9. The molecule has 0 unspecified atom stereocenters. The van der Waals surface area contributed by atoms with Crippen molar-refractivity contribution in [2.75, 3.05) is 5.32 Å². The molecular weight excluding hydrogens is 206 g/mol. The first kappa shape index (κ1) is 12.5. The zero-order valence-electron chi connectivity index (χ0n) is 11.6. The molecule has 0 saturated heterocycles. The first-order chi connectivity index (χ1) is 7.98. The molecule has 0 amide bonds. The molecule has 94 valence electrons. The molecule has 1 aliphatic carbocycles. The van der Waals surface area contributed by atoms with Crippen LogP contribution in [0.3, 0.4) is 0 Å². The Morgan fingerprint density at radius 3 is 2.41 bits per heavy atom. The van der Waals surface area contributed by atoms with Crippen molar-refractivity contribution in [2.45, 2.75) is 59.4 Å². The second kappa shape index (κ2) is 4.72. The molecule has 0 bridgehead atoms. The van der Waals surface area contributed by atoms with Gasteiger partial charge in [-0.3, -0.25) is 0 Å². The van der Waals surface area contributed by atoms with Gasteiger partial charge in [0.2, 0.25) is 0 Å². The van der Waals surface area contributed by atoms with E-state index >= 15 is 0 Å². The van der Waals surface area contributed by atoms with Crippen molar-refractivity contribution < 1.29 is 0 Å². The van der Waals surface area contributed by atoms with E-state index in [0.717, 1.165) is 0 Å². The van der Waals surface area contributed by atoms with Crippen molar-refractivity contribution >= 4 is 5.69 Å². The highest BCUT2D eigenvalue weighted by Gasteiger charge is 2.26. The zero-order chi connectivity index (χ0) is 12.5. The van der Waals surface area contributed by atoms with Gasteiger partial charge in [-0.1, -0.05) is 26.0 Å². The van der Waals surface area contributed by atoms with Gasteiger partial charge in [0.15, 0.2) is 0 Å². The largest absolute Gasteiger partial charge is 0.382 e. The molecule has 0 radical (unpaired) electrons. The fourth-order valence-corrected chi connectivity index (χ4v) is 2.67. The van der Waals surface area contributed by atoms with Crippen LogP contribution in [-0.2, 0) is 0 Å². The van der Waals surface area contributed by atoms with Gasteiger partial charge in [0, 0.05) is 11.7 Å². The molecule has 0 heterocycles. The maximum atomic E-state index is 3.73. The fraction of sp³-hybridized carbons (Fsp3) is 0.625. The lowest BCUT2D eigenvalue weighted by atomic mass is 9.75. The van der Waals surface area contributed by atoms with Crippen LogP contribution in [0.15, 0.2) is 18.2 Å². The maximum absolute atomic E-state index is 3.73. The zero-order valence-corrected chi connectivity index (χ0v) is 11.6. The van der Waals surface area contributed by atoms with Gasteiger partial charge in [-0.25, -0.2) is 0 Å². The molecule has 0 spiro atoms. The van der Waals surface area contributed by atoms with E-state index in [4.69, 9.17) is 0 Å². The average Bonchev–Trinajstić information content (AvgIpc) is 2.27. The summed E-state index contributed by atoms with van der Waals surface area (Å²) in [6.07, 6.45) is 5.30. The van der Waals surface area contributed by atoms with Gasteiger partial charge in [-0.05, 0) is 62.1 Å². The van der Waals surface area contributed by atoms with Gasteiger partial charge in [-0.2, -0.15) is 0 Å². The third-order valence-electron chi connectivity index (χ3n) is 4.30. The van der Waals surface area contributed by atoms with Crippen LogP contribution >= 0.6 is 0 Å². The topological polar surface area (TPSA) is 12.0 Å². The smallest absolute Gasteiger partial charge is 0.0374 e. The van der Waals surface area contributed by atoms with Crippen LogP contribution in [0.5, 0.6) is 0 Å². The summed E-state index contributed by atoms with van der Waals surface area (Å²) in [7, 11) is 0. The normalized spacial score (nSPS) is 20.2. The number of hydrogen-bond donors (Lipinski definition) is 1. The van der Waals surface area contributed by atoms with E-state index in [0.29, 0.717) is 11.5 Å².